The summed E-state index contributed by atoms with van der Waals surface area (Å²) in [5.74, 6) is 7.20. The van der Waals surface area contributed by atoms with Crippen molar-refractivity contribution in [3.05, 3.63) is 48.2 Å². The smallest absolute Gasteiger partial charge is 0.160 e. The number of nitrogens with one attached hydrogen (secondary N) is 1. The summed E-state index contributed by atoms with van der Waals surface area (Å²) in [7, 11) is 0. The van der Waals surface area contributed by atoms with Gasteiger partial charge in [0.25, 0.3) is 0 Å². The Morgan fingerprint density at radius 2 is 2.15 bits per heavy atom. The van der Waals surface area contributed by atoms with Gasteiger partial charge in [-0.3, -0.25) is 0 Å². The van der Waals surface area contributed by atoms with E-state index in [0.29, 0.717) is 19.0 Å². The summed E-state index contributed by atoms with van der Waals surface area (Å²) < 4.78 is 7.34. The summed E-state index contributed by atoms with van der Waals surface area (Å²) in [6.07, 6.45) is 11.3. The highest BCUT2D eigenvalue weighted by Crippen LogP contribution is 2.24. The SMILES string of the molecule is C\C=C/C(=C\C=C\CC)c1cc2nc(NN)cc(N3CCOCC3)n2n1. The van der Waals surface area contributed by atoms with Crippen molar-refractivity contribution >= 4 is 22.9 Å². The number of ether oxygens (including phenoxy) is 1. The van der Waals surface area contributed by atoms with Crippen LogP contribution in [0.3, 0.4) is 0 Å². The number of fused-ring (bicyclic) bond motifs is 1. The Labute approximate surface area is 153 Å². The molecule has 2 aromatic heterocycles. The van der Waals surface area contributed by atoms with E-state index >= 15 is 0 Å². The van der Waals surface area contributed by atoms with Crippen molar-refractivity contribution < 1.29 is 4.74 Å². The van der Waals surface area contributed by atoms with Crippen LogP contribution in [-0.2, 0) is 4.74 Å². The molecule has 26 heavy (non-hydrogen) atoms. The Kier molecular flexibility index (Phi) is 6.04. The number of morpholine rings is 1. The van der Waals surface area contributed by atoms with E-state index in [1.165, 1.54) is 0 Å². The normalized spacial score (nSPS) is 16.3. The number of nitrogen functional groups attached to an aromatic ring is 1. The van der Waals surface area contributed by atoms with Crippen LogP contribution in [0, 0.1) is 0 Å². The van der Waals surface area contributed by atoms with Gasteiger partial charge in [-0.15, -0.1) is 0 Å². The van der Waals surface area contributed by atoms with E-state index in [4.69, 9.17) is 15.7 Å². The van der Waals surface area contributed by atoms with Gasteiger partial charge in [-0.05, 0) is 13.3 Å². The second-order valence-electron chi connectivity index (χ2n) is 6.00. The lowest BCUT2D eigenvalue weighted by molar-refractivity contribution is 0.122. The largest absolute Gasteiger partial charge is 0.378 e. The first-order valence-electron chi connectivity index (χ1n) is 8.96. The molecule has 3 N–H and O–H groups in total. The van der Waals surface area contributed by atoms with Crippen molar-refractivity contribution in [3.63, 3.8) is 0 Å². The molecule has 0 aromatic carbocycles. The van der Waals surface area contributed by atoms with Crippen molar-refractivity contribution in [2.75, 3.05) is 36.6 Å². The molecule has 2 aromatic rings. The Morgan fingerprint density at radius 3 is 2.85 bits per heavy atom. The van der Waals surface area contributed by atoms with Crippen LogP contribution in [0.25, 0.3) is 11.2 Å². The van der Waals surface area contributed by atoms with Gasteiger partial charge >= 0.3 is 0 Å². The average Bonchev–Trinajstić information content (AvgIpc) is 3.11. The molecule has 3 rings (SSSR count). The van der Waals surface area contributed by atoms with Crippen LogP contribution in [0.15, 0.2) is 42.5 Å². The van der Waals surface area contributed by atoms with Crippen LogP contribution in [0.1, 0.15) is 26.0 Å². The van der Waals surface area contributed by atoms with Crippen molar-refractivity contribution in [1.82, 2.24) is 14.6 Å². The molecule has 0 saturated carbocycles. The minimum absolute atomic E-state index is 0.618. The van der Waals surface area contributed by atoms with Gasteiger partial charge in [-0.1, -0.05) is 37.3 Å². The first-order valence-corrected chi connectivity index (χ1v) is 8.96. The van der Waals surface area contributed by atoms with Gasteiger partial charge in [-0.25, -0.2) is 10.8 Å². The number of aromatic nitrogens is 3. The van der Waals surface area contributed by atoms with Crippen LogP contribution >= 0.6 is 0 Å². The van der Waals surface area contributed by atoms with E-state index in [1.54, 1.807) is 0 Å². The first kappa shape index (κ1) is 18.2. The maximum Gasteiger partial charge on any atom is 0.160 e. The van der Waals surface area contributed by atoms with Crippen molar-refractivity contribution in [2.45, 2.75) is 20.3 Å². The molecule has 0 unspecified atom stereocenters. The number of rotatable bonds is 6. The zero-order valence-corrected chi connectivity index (χ0v) is 15.4. The Morgan fingerprint density at radius 1 is 1.35 bits per heavy atom. The van der Waals surface area contributed by atoms with E-state index in [2.05, 4.69) is 46.5 Å². The highest BCUT2D eigenvalue weighted by atomic mass is 16.5. The van der Waals surface area contributed by atoms with Crippen molar-refractivity contribution in [1.29, 1.82) is 0 Å². The maximum atomic E-state index is 5.62. The van der Waals surface area contributed by atoms with Crippen LogP contribution < -0.4 is 16.2 Å². The molecule has 0 spiro atoms. The molecule has 7 heteroatoms. The summed E-state index contributed by atoms with van der Waals surface area (Å²) in [4.78, 5) is 6.79. The standard InChI is InChI=1S/C19H26N6O/c1-3-5-6-8-15(7-4-2)16-13-18-21-17(22-20)14-19(25(18)23-16)24-9-11-26-12-10-24/h4-8,13-14H,3,9-12,20H2,1-2H3,(H,21,22)/b6-5+,7-4-,15-8+. The van der Waals surface area contributed by atoms with Crippen LogP contribution in [-0.4, -0.2) is 40.9 Å². The number of hydrogen-bond donors (Lipinski definition) is 2. The predicted molar refractivity (Wildman–Crippen MR) is 106 cm³/mol. The fraction of sp³-hybridized carbons (Fsp3) is 0.368. The lowest BCUT2D eigenvalue weighted by atomic mass is 10.1. The molecule has 138 valence electrons. The Hall–Kier alpha value is -2.64. The molecule has 1 aliphatic rings. The quantitative estimate of drug-likeness (QED) is 0.472. The number of hydrazine groups is 1. The van der Waals surface area contributed by atoms with Crippen LogP contribution in [0.5, 0.6) is 0 Å². The van der Waals surface area contributed by atoms with Gasteiger partial charge in [-0.2, -0.15) is 9.61 Å². The number of hydrogen-bond acceptors (Lipinski definition) is 6. The zero-order valence-electron chi connectivity index (χ0n) is 15.4. The van der Waals surface area contributed by atoms with Gasteiger partial charge in [0.15, 0.2) is 5.65 Å². The second-order valence-corrected chi connectivity index (χ2v) is 6.00. The Bertz CT molecular complexity index is 830. The molecule has 0 bridgehead atoms. The number of nitrogens with two attached hydrogens (primary N) is 1. The lowest BCUT2D eigenvalue weighted by Gasteiger charge is -2.29. The summed E-state index contributed by atoms with van der Waals surface area (Å²) in [6.45, 7) is 7.15. The number of allylic oxidation sites excluding steroid dienone is 6. The molecule has 0 atom stereocenters. The molecule has 3 heterocycles. The molecule has 0 amide bonds. The topological polar surface area (TPSA) is 80.7 Å². The zero-order chi connectivity index (χ0) is 18.4. The number of nitrogens with zero attached hydrogens (tertiary/aromatic N) is 4. The monoisotopic (exact) mass is 354 g/mol. The highest BCUT2D eigenvalue weighted by Gasteiger charge is 2.18. The van der Waals surface area contributed by atoms with Crippen molar-refractivity contribution in [2.24, 2.45) is 5.84 Å². The summed E-state index contributed by atoms with van der Waals surface area (Å²) in [5.41, 5.74) is 5.33. The molecule has 0 radical (unpaired) electrons. The van der Waals surface area contributed by atoms with E-state index in [1.807, 2.05) is 29.6 Å². The van der Waals surface area contributed by atoms with E-state index in [0.717, 1.165) is 42.2 Å². The van der Waals surface area contributed by atoms with E-state index in [-0.39, 0.29) is 0 Å². The van der Waals surface area contributed by atoms with Gasteiger partial charge < -0.3 is 15.1 Å². The van der Waals surface area contributed by atoms with E-state index in [9.17, 15) is 0 Å². The summed E-state index contributed by atoms with van der Waals surface area (Å²) in [6, 6.07) is 3.90. The average molecular weight is 354 g/mol. The molecular weight excluding hydrogens is 328 g/mol. The Balaban J connectivity index is 2.08. The van der Waals surface area contributed by atoms with Gasteiger partial charge in [0, 0.05) is 30.8 Å². The molecule has 1 aliphatic heterocycles. The summed E-state index contributed by atoms with van der Waals surface area (Å²) in [5, 5.41) is 4.81. The third-order valence-electron chi connectivity index (χ3n) is 4.18. The van der Waals surface area contributed by atoms with Gasteiger partial charge in [0.2, 0.25) is 0 Å². The third-order valence-corrected chi connectivity index (χ3v) is 4.18. The first-order chi connectivity index (χ1) is 12.8. The molecule has 1 saturated heterocycles. The summed E-state index contributed by atoms with van der Waals surface area (Å²) >= 11 is 0. The maximum absolute atomic E-state index is 5.62. The minimum Gasteiger partial charge on any atom is -0.378 e. The molecular formula is C19H26N6O. The van der Waals surface area contributed by atoms with Crippen molar-refractivity contribution in [3.8, 4) is 0 Å². The van der Waals surface area contributed by atoms with E-state index < -0.39 is 0 Å². The minimum atomic E-state index is 0.618. The van der Waals surface area contributed by atoms with Crippen LogP contribution in [0.4, 0.5) is 11.6 Å². The van der Waals surface area contributed by atoms with Gasteiger partial charge in [0.05, 0.1) is 18.9 Å². The number of anilines is 2. The third kappa shape index (κ3) is 3.95. The predicted octanol–water partition coefficient (Wildman–Crippen LogP) is 2.78. The molecule has 1 fully saturated rings. The lowest BCUT2D eigenvalue weighted by Crippen LogP contribution is -2.37. The highest BCUT2D eigenvalue weighted by molar-refractivity contribution is 5.75. The fourth-order valence-corrected chi connectivity index (χ4v) is 2.90. The molecule has 0 aliphatic carbocycles. The van der Waals surface area contributed by atoms with Crippen LogP contribution in [0.2, 0.25) is 0 Å². The fourth-order valence-electron chi connectivity index (χ4n) is 2.90. The molecule has 7 nitrogen and oxygen atoms in total. The second kappa shape index (κ2) is 8.64. The van der Waals surface area contributed by atoms with Gasteiger partial charge in [0.1, 0.15) is 11.6 Å².